The number of benzene rings is 2. The number of nitrogens with zero attached hydrogens (tertiary/aromatic N) is 2. The lowest BCUT2D eigenvalue weighted by molar-refractivity contribution is -0.139. The van der Waals surface area contributed by atoms with Crippen molar-refractivity contribution in [2.24, 2.45) is 0 Å². The molecule has 0 N–H and O–H groups in total. The SMILES string of the molecule is CCc1ccc(C(=O)N2CCC(N(C(=O)Cc3ccccc3)C3CCOCC3)CC2)cc1. The quantitative estimate of drug-likeness (QED) is 0.688. The lowest BCUT2D eigenvalue weighted by Crippen LogP contribution is -2.54. The summed E-state index contributed by atoms with van der Waals surface area (Å²) in [6, 6.07) is 18.3. The van der Waals surface area contributed by atoms with Crippen LogP contribution in [-0.2, 0) is 22.4 Å². The van der Waals surface area contributed by atoms with Crippen molar-refractivity contribution >= 4 is 11.8 Å². The summed E-state index contributed by atoms with van der Waals surface area (Å²) in [4.78, 5) is 30.5. The van der Waals surface area contributed by atoms with Crippen molar-refractivity contribution in [1.29, 1.82) is 0 Å². The molecule has 0 aliphatic carbocycles. The first-order chi connectivity index (χ1) is 15.7. The van der Waals surface area contributed by atoms with E-state index in [1.165, 1.54) is 5.56 Å². The van der Waals surface area contributed by atoms with E-state index in [4.69, 9.17) is 4.74 Å². The predicted molar refractivity (Wildman–Crippen MR) is 126 cm³/mol. The lowest BCUT2D eigenvalue weighted by atomic mass is 9.96. The Kier molecular flexibility index (Phi) is 7.59. The molecule has 0 bridgehead atoms. The minimum atomic E-state index is 0.0966. The molecule has 0 saturated carbocycles. The zero-order valence-corrected chi connectivity index (χ0v) is 19.0. The van der Waals surface area contributed by atoms with Crippen LogP contribution in [-0.4, -0.2) is 60.0 Å². The second-order valence-electron chi connectivity index (χ2n) is 8.88. The third-order valence-electron chi connectivity index (χ3n) is 6.82. The normalized spacial score (nSPS) is 17.8. The summed E-state index contributed by atoms with van der Waals surface area (Å²) in [7, 11) is 0. The van der Waals surface area contributed by atoms with Gasteiger partial charge in [0.15, 0.2) is 0 Å². The monoisotopic (exact) mass is 434 g/mol. The molecule has 2 amide bonds. The maximum Gasteiger partial charge on any atom is 0.253 e. The smallest absolute Gasteiger partial charge is 0.253 e. The van der Waals surface area contributed by atoms with Gasteiger partial charge in [0.1, 0.15) is 0 Å². The van der Waals surface area contributed by atoms with Gasteiger partial charge in [-0.25, -0.2) is 0 Å². The minimum Gasteiger partial charge on any atom is -0.381 e. The maximum atomic E-state index is 13.4. The summed E-state index contributed by atoms with van der Waals surface area (Å²) in [5.41, 5.74) is 3.05. The molecule has 0 spiro atoms. The molecule has 2 heterocycles. The Bertz CT molecular complexity index is 883. The highest BCUT2D eigenvalue weighted by Crippen LogP contribution is 2.26. The summed E-state index contributed by atoms with van der Waals surface area (Å²) in [6.45, 7) is 4.93. The number of hydrogen-bond donors (Lipinski definition) is 0. The van der Waals surface area contributed by atoms with Gasteiger partial charge in [-0.2, -0.15) is 0 Å². The topological polar surface area (TPSA) is 49.9 Å². The molecule has 2 aromatic rings. The molecule has 0 unspecified atom stereocenters. The molecule has 2 aliphatic heterocycles. The lowest BCUT2D eigenvalue weighted by Gasteiger charge is -2.43. The van der Waals surface area contributed by atoms with E-state index in [2.05, 4.69) is 11.8 Å². The van der Waals surface area contributed by atoms with Gasteiger partial charge >= 0.3 is 0 Å². The minimum absolute atomic E-state index is 0.0966. The van der Waals surface area contributed by atoms with Crippen LogP contribution in [0.4, 0.5) is 0 Å². The molecule has 2 aromatic carbocycles. The molecule has 2 fully saturated rings. The van der Waals surface area contributed by atoms with Crippen LogP contribution in [0.1, 0.15) is 54.1 Å². The Morgan fingerprint density at radius 2 is 1.50 bits per heavy atom. The van der Waals surface area contributed by atoms with E-state index in [-0.39, 0.29) is 23.9 Å². The van der Waals surface area contributed by atoms with Crippen molar-refractivity contribution in [3.63, 3.8) is 0 Å². The van der Waals surface area contributed by atoms with Crippen molar-refractivity contribution in [1.82, 2.24) is 9.80 Å². The molecule has 32 heavy (non-hydrogen) atoms. The Balaban J connectivity index is 1.42. The average Bonchev–Trinajstić information content (AvgIpc) is 2.85. The Hall–Kier alpha value is -2.66. The van der Waals surface area contributed by atoms with Crippen LogP contribution in [0.3, 0.4) is 0 Å². The van der Waals surface area contributed by atoms with E-state index in [0.29, 0.717) is 32.7 Å². The Labute approximate surface area is 191 Å². The van der Waals surface area contributed by atoms with Crippen LogP contribution < -0.4 is 0 Å². The number of likely N-dealkylation sites (tertiary alicyclic amines) is 1. The van der Waals surface area contributed by atoms with Crippen LogP contribution >= 0.6 is 0 Å². The molecule has 0 atom stereocenters. The van der Waals surface area contributed by atoms with Crippen LogP contribution in [0.15, 0.2) is 54.6 Å². The van der Waals surface area contributed by atoms with Crippen molar-refractivity contribution in [2.45, 2.75) is 57.5 Å². The fraction of sp³-hybridized carbons (Fsp3) is 0.481. The van der Waals surface area contributed by atoms with E-state index in [9.17, 15) is 9.59 Å². The highest BCUT2D eigenvalue weighted by atomic mass is 16.5. The number of piperidine rings is 1. The van der Waals surface area contributed by atoms with Gasteiger partial charge < -0.3 is 14.5 Å². The molecule has 0 radical (unpaired) electrons. The van der Waals surface area contributed by atoms with E-state index in [0.717, 1.165) is 43.2 Å². The zero-order valence-electron chi connectivity index (χ0n) is 19.0. The van der Waals surface area contributed by atoms with Crippen LogP contribution in [0, 0.1) is 0 Å². The third-order valence-corrected chi connectivity index (χ3v) is 6.82. The highest BCUT2D eigenvalue weighted by Gasteiger charge is 2.34. The summed E-state index contributed by atoms with van der Waals surface area (Å²) in [6.07, 6.45) is 4.85. The largest absolute Gasteiger partial charge is 0.381 e. The van der Waals surface area contributed by atoms with Gasteiger partial charge in [-0.1, -0.05) is 49.4 Å². The van der Waals surface area contributed by atoms with Crippen molar-refractivity contribution in [3.8, 4) is 0 Å². The van der Waals surface area contributed by atoms with Gasteiger partial charge in [0.05, 0.1) is 6.42 Å². The number of carbonyl (C=O) groups excluding carboxylic acids is 2. The van der Waals surface area contributed by atoms with Crippen LogP contribution in [0.2, 0.25) is 0 Å². The van der Waals surface area contributed by atoms with Crippen molar-refractivity contribution in [2.75, 3.05) is 26.3 Å². The van der Waals surface area contributed by atoms with Gasteiger partial charge in [0.2, 0.25) is 5.91 Å². The highest BCUT2D eigenvalue weighted by molar-refractivity contribution is 5.94. The maximum absolute atomic E-state index is 13.4. The molecular formula is C27H34N2O3. The number of amides is 2. The Morgan fingerprint density at radius 3 is 2.12 bits per heavy atom. The predicted octanol–water partition coefficient (Wildman–Crippen LogP) is 4.10. The second kappa shape index (κ2) is 10.8. The molecule has 5 nitrogen and oxygen atoms in total. The number of ether oxygens (including phenoxy) is 1. The van der Waals surface area contributed by atoms with Gasteiger partial charge in [-0.3, -0.25) is 9.59 Å². The molecule has 2 aliphatic rings. The molecule has 2 saturated heterocycles. The third kappa shape index (κ3) is 5.39. The number of rotatable bonds is 6. The summed E-state index contributed by atoms with van der Waals surface area (Å²) in [5, 5.41) is 0. The van der Waals surface area contributed by atoms with Gasteiger partial charge in [0, 0.05) is 44.0 Å². The Morgan fingerprint density at radius 1 is 0.875 bits per heavy atom. The standard InChI is InChI=1S/C27H34N2O3/c1-2-21-8-10-23(11-9-21)27(31)28-16-12-24(13-17-28)29(25-14-18-32-19-15-25)26(30)20-22-6-4-3-5-7-22/h3-11,24-25H,2,12-20H2,1H3. The van der Waals surface area contributed by atoms with Gasteiger partial charge in [-0.05, 0) is 55.4 Å². The fourth-order valence-corrected chi connectivity index (χ4v) is 4.94. The van der Waals surface area contributed by atoms with Gasteiger partial charge in [0.25, 0.3) is 5.91 Å². The molecule has 4 rings (SSSR count). The number of hydrogen-bond acceptors (Lipinski definition) is 3. The van der Waals surface area contributed by atoms with E-state index >= 15 is 0 Å². The van der Waals surface area contributed by atoms with E-state index in [1.54, 1.807) is 0 Å². The summed E-state index contributed by atoms with van der Waals surface area (Å²) < 4.78 is 5.56. The second-order valence-corrected chi connectivity index (χ2v) is 8.88. The molecular weight excluding hydrogens is 400 g/mol. The molecule has 0 aromatic heterocycles. The first-order valence-corrected chi connectivity index (χ1v) is 12.0. The number of carbonyl (C=O) groups is 2. The van der Waals surface area contributed by atoms with E-state index < -0.39 is 0 Å². The molecule has 5 heteroatoms. The summed E-state index contributed by atoms with van der Waals surface area (Å²) >= 11 is 0. The van der Waals surface area contributed by atoms with E-state index in [1.807, 2.05) is 59.5 Å². The van der Waals surface area contributed by atoms with Crippen LogP contribution in [0.25, 0.3) is 0 Å². The van der Waals surface area contributed by atoms with Crippen molar-refractivity contribution < 1.29 is 14.3 Å². The first kappa shape index (κ1) is 22.5. The van der Waals surface area contributed by atoms with Crippen LogP contribution in [0.5, 0.6) is 0 Å². The van der Waals surface area contributed by atoms with Gasteiger partial charge in [-0.15, -0.1) is 0 Å². The molecule has 170 valence electrons. The average molecular weight is 435 g/mol. The first-order valence-electron chi connectivity index (χ1n) is 12.0. The number of aryl methyl sites for hydroxylation is 1. The fourth-order valence-electron chi connectivity index (χ4n) is 4.94. The van der Waals surface area contributed by atoms with Crippen molar-refractivity contribution in [3.05, 3.63) is 71.3 Å². The summed E-state index contributed by atoms with van der Waals surface area (Å²) in [5.74, 6) is 0.294. The zero-order chi connectivity index (χ0) is 22.3.